The summed E-state index contributed by atoms with van der Waals surface area (Å²) in [5.41, 5.74) is 1.87. The molecule has 1 N–H and O–H groups in total. The molecular weight excluding hydrogens is 307 g/mol. The minimum absolute atomic E-state index is 0.0344. The van der Waals surface area contributed by atoms with Crippen LogP contribution < -0.4 is 4.74 Å². The maximum atomic E-state index is 13.6. The van der Waals surface area contributed by atoms with E-state index in [0.717, 1.165) is 11.6 Å². The Hall–Kier alpha value is -3.14. The fourth-order valence-electron chi connectivity index (χ4n) is 2.48. The molecule has 0 aliphatic rings. The van der Waals surface area contributed by atoms with Gasteiger partial charge in [-0.1, -0.05) is 48.5 Å². The number of hydrogen-bond acceptors (Lipinski definition) is 2. The molecule has 0 unspecified atom stereocenters. The summed E-state index contributed by atoms with van der Waals surface area (Å²) in [4.78, 5) is 11.4. The van der Waals surface area contributed by atoms with Crippen LogP contribution in [0, 0.1) is 5.82 Å². The molecule has 0 amide bonds. The van der Waals surface area contributed by atoms with Gasteiger partial charge in [-0.2, -0.15) is 0 Å². The number of hydrogen-bond donors (Lipinski definition) is 1. The maximum absolute atomic E-state index is 13.6. The van der Waals surface area contributed by atoms with Crippen molar-refractivity contribution in [1.82, 2.24) is 0 Å². The highest BCUT2D eigenvalue weighted by Gasteiger charge is 2.16. The van der Waals surface area contributed by atoms with Crippen LogP contribution in [0.1, 0.15) is 15.9 Å². The lowest BCUT2D eigenvalue weighted by atomic mass is 9.98. The van der Waals surface area contributed by atoms with Gasteiger partial charge in [0.1, 0.15) is 18.2 Å². The van der Waals surface area contributed by atoms with Crippen molar-refractivity contribution < 1.29 is 19.0 Å². The molecule has 0 aliphatic carbocycles. The Morgan fingerprint density at radius 1 is 0.917 bits per heavy atom. The first-order valence-electron chi connectivity index (χ1n) is 7.44. The summed E-state index contributed by atoms with van der Waals surface area (Å²) in [5, 5.41) is 9.35. The Morgan fingerprint density at radius 3 is 2.38 bits per heavy atom. The van der Waals surface area contributed by atoms with Gasteiger partial charge in [0.25, 0.3) is 0 Å². The van der Waals surface area contributed by atoms with Crippen LogP contribution in [0.15, 0.2) is 72.8 Å². The zero-order valence-electron chi connectivity index (χ0n) is 12.8. The van der Waals surface area contributed by atoms with Crippen molar-refractivity contribution in [1.29, 1.82) is 0 Å². The number of ether oxygens (including phenoxy) is 1. The zero-order chi connectivity index (χ0) is 16.9. The van der Waals surface area contributed by atoms with Crippen molar-refractivity contribution in [3.8, 4) is 16.9 Å². The number of carboxylic acid groups (broad SMARTS) is 1. The van der Waals surface area contributed by atoms with Crippen LogP contribution in [-0.4, -0.2) is 11.1 Å². The molecule has 0 aromatic heterocycles. The molecule has 3 aromatic carbocycles. The number of benzene rings is 3. The van der Waals surface area contributed by atoms with Gasteiger partial charge in [0, 0.05) is 11.1 Å². The molecule has 0 bridgehead atoms. The predicted molar refractivity (Wildman–Crippen MR) is 89.6 cm³/mol. The molecule has 0 spiro atoms. The van der Waals surface area contributed by atoms with Crippen LogP contribution in [0.5, 0.6) is 5.75 Å². The standard InChI is InChI=1S/C20H15FO3/c21-15-10-11-17(20(22)23)18(12-15)16-8-4-5-9-19(16)24-13-14-6-2-1-3-7-14/h1-12H,13H2,(H,22,23). The number of para-hydroxylation sites is 1. The molecule has 3 nitrogen and oxygen atoms in total. The van der Waals surface area contributed by atoms with E-state index >= 15 is 0 Å². The lowest BCUT2D eigenvalue weighted by Gasteiger charge is -2.13. The highest BCUT2D eigenvalue weighted by molar-refractivity contribution is 5.97. The zero-order valence-corrected chi connectivity index (χ0v) is 12.8. The van der Waals surface area contributed by atoms with Crippen LogP contribution in [0.2, 0.25) is 0 Å². The van der Waals surface area contributed by atoms with Crippen molar-refractivity contribution in [3.63, 3.8) is 0 Å². The third-order valence-electron chi connectivity index (χ3n) is 3.63. The Kier molecular flexibility index (Phi) is 4.57. The fourth-order valence-corrected chi connectivity index (χ4v) is 2.48. The molecule has 4 heteroatoms. The van der Waals surface area contributed by atoms with Crippen LogP contribution in [0.3, 0.4) is 0 Å². The molecule has 0 radical (unpaired) electrons. The first-order valence-corrected chi connectivity index (χ1v) is 7.44. The van der Waals surface area contributed by atoms with Gasteiger partial charge in [-0.25, -0.2) is 9.18 Å². The summed E-state index contributed by atoms with van der Waals surface area (Å²) < 4.78 is 19.5. The summed E-state index contributed by atoms with van der Waals surface area (Å²) in [5.74, 6) is -1.09. The van der Waals surface area contributed by atoms with Crippen molar-refractivity contribution in [3.05, 3.63) is 89.7 Å². The Bertz CT molecular complexity index is 860. The van der Waals surface area contributed by atoms with Crippen molar-refractivity contribution >= 4 is 5.97 Å². The topological polar surface area (TPSA) is 46.5 Å². The first kappa shape index (κ1) is 15.7. The summed E-state index contributed by atoms with van der Waals surface area (Å²) in [6, 6.07) is 20.3. The van der Waals surface area contributed by atoms with Crippen molar-refractivity contribution in [2.45, 2.75) is 6.61 Å². The second kappa shape index (κ2) is 6.96. The normalized spacial score (nSPS) is 10.4. The monoisotopic (exact) mass is 322 g/mol. The number of carbonyl (C=O) groups is 1. The van der Waals surface area contributed by atoms with E-state index in [0.29, 0.717) is 23.5 Å². The van der Waals surface area contributed by atoms with Gasteiger partial charge >= 0.3 is 5.97 Å². The van der Waals surface area contributed by atoms with E-state index in [9.17, 15) is 14.3 Å². The molecular formula is C20H15FO3. The third-order valence-corrected chi connectivity index (χ3v) is 3.63. The molecule has 0 saturated heterocycles. The molecule has 0 heterocycles. The summed E-state index contributed by atoms with van der Waals surface area (Å²) in [6.07, 6.45) is 0. The third kappa shape index (κ3) is 3.43. The lowest BCUT2D eigenvalue weighted by Crippen LogP contribution is -2.02. The molecule has 0 fully saturated rings. The Morgan fingerprint density at radius 2 is 1.62 bits per heavy atom. The largest absolute Gasteiger partial charge is 0.488 e. The second-order valence-electron chi connectivity index (χ2n) is 5.27. The highest BCUT2D eigenvalue weighted by atomic mass is 19.1. The Balaban J connectivity index is 1.98. The summed E-state index contributed by atoms with van der Waals surface area (Å²) in [6.45, 7) is 0.343. The van der Waals surface area contributed by atoms with Crippen LogP contribution in [0.4, 0.5) is 4.39 Å². The highest BCUT2D eigenvalue weighted by Crippen LogP contribution is 2.33. The molecule has 120 valence electrons. The van der Waals surface area contributed by atoms with Crippen LogP contribution in [0.25, 0.3) is 11.1 Å². The van der Waals surface area contributed by atoms with E-state index in [1.54, 1.807) is 24.3 Å². The molecule has 0 atom stereocenters. The Labute approximate surface area is 139 Å². The van der Waals surface area contributed by atoms with E-state index in [-0.39, 0.29) is 5.56 Å². The minimum Gasteiger partial charge on any atom is -0.488 e. The maximum Gasteiger partial charge on any atom is 0.336 e. The number of halogens is 1. The SMILES string of the molecule is O=C(O)c1ccc(F)cc1-c1ccccc1OCc1ccccc1. The molecule has 0 aliphatic heterocycles. The molecule has 3 aromatic rings. The smallest absolute Gasteiger partial charge is 0.336 e. The quantitative estimate of drug-likeness (QED) is 0.736. The minimum atomic E-state index is -1.11. The molecule has 0 saturated carbocycles. The second-order valence-corrected chi connectivity index (χ2v) is 5.27. The molecule has 24 heavy (non-hydrogen) atoms. The van der Waals surface area contributed by atoms with Crippen molar-refractivity contribution in [2.24, 2.45) is 0 Å². The average molecular weight is 322 g/mol. The predicted octanol–water partition coefficient (Wildman–Crippen LogP) is 4.77. The first-order chi connectivity index (χ1) is 11.6. The summed E-state index contributed by atoms with van der Waals surface area (Å²) in [7, 11) is 0. The van der Waals surface area contributed by atoms with Gasteiger partial charge in [0.2, 0.25) is 0 Å². The van der Waals surface area contributed by atoms with Gasteiger partial charge in [-0.3, -0.25) is 0 Å². The number of aromatic carboxylic acids is 1. The van der Waals surface area contributed by atoms with Gasteiger partial charge in [-0.15, -0.1) is 0 Å². The van der Waals surface area contributed by atoms with E-state index in [4.69, 9.17) is 4.74 Å². The van der Waals surface area contributed by atoms with Gasteiger partial charge in [-0.05, 0) is 29.8 Å². The van der Waals surface area contributed by atoms with Crippen LogP contribution in [-0.2, 0) is 6.61 Å². The molecule has 3 rings (SSSR count). The van der Waals surface area contributed by atoms with E-state index in [1.165, 1.54) is 12.1 Å². The van der Waals surface area contributed by atoms with Gasteiger partial charge < -0.3 is 9.84 Å². The summed E-state index contributed by atoms with van der Waals surface area (Å²) >= 11 is 0. The van der Waals surface area contributed by atoms with Gasteiger partial charge in [0.05, 0.1) is 5.56 Å². The lowest BCUT2D eigenvalue weighted by molar-refractivity contribution is 0.0697. The number of rotatable bonds is 5. The van der Waals surface area contributed by atoms with E-state index < -0.39 is 11.8 Å². The fraction of sp³-hybridized carbons (Fsp3) is 0.0500. The van der Waals surface area contributed by atoms with Crippen molar-refractivity contribution in [2.75, 3.05) is 0 Å². The van der Waals surface area contributed by atoms with E-state index in [2.05, 4.69) is 0 Å². The van der Waals surface area contributed by atoms with E-state index in [1.807, 2.05) is 30.3 Å². The van der Waals surface area contributed by atoms with Gasteiger partial charge in [0.15, 0.2) is 0 Å². The average Bonchev–Trinajstić information content (AvgIpc) is 2.61. The van der Waals surface area contributed by atoms with Crippen LogP contribution >= 0.6 is 0 Å². The number of carboxylic acids is 1.